The zero-order chi connectivity index (χ0) is 21.1. The average molecular weight is 481 g/mol. The Morgan fingerprint density at radius 3 is 2.60 bits per heavy atom. The highest BCUT2D eigenvalue weighted by atomic mass is 79.9. The summed E-state index contributed by atoms with van der Waals surface area (Å²) in [6.45, 7) is 2.47. The van der Waals surface area contributed by atoms with E-state index in [1.54, 1.807) is 12.0 Å². The number of benzene rings is 3. The molecule has 4 nitrogen and oxygen atoms in total. The van der Waals surface area contributed by atoms with Crippen molar-refractivity contribution in [2.24, 2.45) is 0 Å². The fraction of sp³-hybridized carbons (Fsp3) is 0.167. The molecule has 152 valence electrons. The second-order valence-electron chi connectivity index (χ2n) is 7.05. The molecule has 0 spiro atoms. The van der Waals surface area contributed by atoms with E-state index in [1.807, 2.05) is 73.7 Å². The predicted molar refractivity (Wildman–Crippen MR) is 126 cm³/mol. The van der Waals surface area contributed by atoms with E-state index in [1.165, 1.54) is 11.3 Å². The highest BCUT2D eigenvalue weighted by Gasteiger charge is 2.21. The van der Waals surface area contributed by atoms with Crippen LogP contribution in [0.25, 0.3) is 10.2 Å². The number of hydrogen-bond donors (Lipinski definition) is 0. The molecule has 1 amide bonds. The van der Waals surface area contributed by atoms with E-state index in [9.17, 15) is 4.79 Å². The maximum atomic E-state index is 13.4. The molecule has 0 unspecified atom stereocenters. The fourth-order valence-corrected chi connectivity index (χ4v) is 4.88. The van der Waals surface area contributed by atoms with Crippen molar-refractivity contribution in [3.05, 3.63) is 87.9 Å². The highest BCUT2D eigenvalue weighted by molar-refractivity contribution is 9.10. The summed E-state index contributed by atoms with van der Waals surface area (Å²) >= 11 is 5.04. The molecule has 4 rings (SSSR count). The van der Waals surface area contributed by atoms with Gasteiger partial charge in [-0.2, -0.15) is 0 Å². The van der Waals surface area contributed by atoms with Gasteiger partial charge in [-0.1, -0.05) is 69.7 Å². The van der Waals surface area contributed by atoms with Crippen LogP contribution in [0.4, 0.5) is 5.13 Å². The van der Waals surface area contributed by atoms with E-state index in [0.717, 1.165) is 37.1 Å². The molecule has 0 fully saturated rings. The molecule has 1 heterocycles. The minimum atomic E-state index is 0.0153. The number of methoxy groups -OCH3 is 1. The van der Waals surface area contributed by atoms with Crippen molar-refractivity contribution in [3.63, 3.8) is 0 Å². The Morgan fingerprint density at radius 2 is 1.87 bits per heavy atom. The summed E-state index contributed by atoms with van der Waals surface area (Å²) in [5, 5.41) is 0.710. The van der Waals surface area contributed by atoms with Crippen LogP contribution in [0.3, 0.4) is 0 Å². The SMILES string of the molecule is COc1ccc(CC(=O)N(Cc2ccccc2)c2nc3ccc(Br)cc3s2)cc1C. The van der Waals surface area contributed by atoms with Crippen LogP contribution in [0.1, 0.15) is 16.7 Å². The number of aromatic nitrogens is 1. The number of anilines is 1. The Morgan fingerprint density at radius 1 is 1.07 bits per heavy atom. The van der Waals surface area contributed by atoms with Crippen LogP contribution in [0.2, 0.25) is 0 Å². The summed E-state index contributed by atoms with van der Waals surface area (Å²) in [5.41, 5.74) is 3.93. The van der Waals surface area contributed by atoms with Gasteiger partial charge in [0, 0.05) is 4.47 Å². The van der Waals surface area contributed by atoms with Gasteiger partial charge in [0.1, 0.15) is 5.75 Å². The number of carbonyl (C=O) groups excluding carboxylic acids is 1. The molecule has 0 bridgehead atoms. The van der Waals surface area contributed by atoms with Crippen molar-refractivity contribution in [2.75, 3.05) is 12.0 Å². The van der Waals surface area contributed by atoms with Crippen molar-refractivity contribution >= 4 is 48.5 Å². The number of rotatable bonds is 6. The van der Waals surface area contributed by atoms with E-state index in [4.69, 9.17) is 9.72 Å². The lowest BCUT2D eigenvalue weighted by Gasteiger charge is -2.20. The number of ether oxygens (including phenoxy) is 1. The quantitative estimate of drug-likeness (QED) is 0.332. The minimum Gasteiger partial charge on any atom is -0.496 e. The first kappa shape index (κ1) is 20.6. The van der Waals surface area contributed by atoms with Gasteiger partial charge in [-0.05, 0) is 47.9 Å². The Labute approximate surface area is 188 Å². The lowest BCUT2D eigenvalue weighted by molar-refractivity contribution is -0.118. The molecule has 0 N–H and O–H groups in total. The summed E-state index contributed by atoms with van der Waals surface area (Å²) in [5.74, 6) is 0.839. The number of amides is 1. The van der Waals surface area contributed by atoms with Gasteiger partial charge in [-0.15, -0.1) is 0 Å². The largest absolute Gasteiger partial charge is 0.496 e. The number of hydrogen-bond acceptors (Lipinski definition) is 4. The second kappa shape index (κ2) is 8.98. The van der Waals surface area contributed by atoms with Crippen molar-refractivity contribution in [1.82, 2.24) is 4.98 Å². The van der Waals surface area contributed by atoms with Crippen LogP contribution in [-0.4, -0.2) is 18.0 Å². The second-order valence-corrected chi connectivity index (χ2v) is 8.98. The maximum absolute atomic E-state index is 13.4. The van der Waals surface area contributed by atoms with E-state index in [2.05, 4.69) is 15.9 Å². The van der Waals surface area contributed by atoms with Crippen LogP contribution < -0.4 is 9.64 Å². The summed E-state index contributed by atoms with van der Waals surface area (Å²) in [6, 6.07) is 21.8. The molecule has 0 saturated carbocycles. The van der Waals surface area contributed by atoms with Crippen molar-refractivity contribution in [3.8, 4) is 5.75 Å². The molecule has 4 aromatic rings. The lowest BCUT2D eigenvalue weighted by Crippen LogP contribution is -2.31. The summed E-state index contributed by atoms with van der Waals surface area (Å²) in [7, 11) is 1.65. The summed E-state index contributed by atoms with van der Waals surface area (Å²) in [6.07, 6.45) is 0.303. The average Bonchev–Trinajstić information content (AvgIpc) is 3.15. The maximum Gasteiger partial charge on any atom is 0.233 e. The van der Waals surface area contributed by atoms with Gasteiger partial charge in [0.2, 0.25) is 5.91 Å². The first-order chi connectivity index (χ1) is 14.5. The number of halogens is 1. The van der Waals surface area contributed by atoms with Gasteiger partial charge in [0.25, 0.3) is 0 Å². The van der Waals surface area contributed by atoms with Crippen molar-refractivity contribution < 1.29 is 9.53 Å². The van der Waals surface area contributed by atoms with Gasteiger partial charge >= 0.3 is 0 Å². The van der Waals surface area contributed by atoms with Crippen LogP contribution in [-0.2, 0) is 17.8 Å². The molecule has 0 aliphatic carbocycles. The molecule has 30 heavy (non-hydrogen) atoms. The smallest absolute Gasteiger partial charge is 0.233 e. The first-order valence-electron chi connectivity index (χ1n) is 9.57. The number of carbonyl (C=O) groups is 1. The Bertz CT molecular complexity index is 1190. The molecular formula is C24H21BrN2O2S. The molecule has 0 atom stereocenters. The topological polar surface area (TPSA) is 42.4 Å². The van der Waals surface area contributed by atoms with Crippen LogP contribution >= 0.6 is 27.3 Å². The van der Waals surface area contributed by atoms with E-state index < -0.39 is 0 Å². The van der Waals surface area contributed by atoms with Crippen LogP contribution in [0.15, 0.2) is 71.2 Å². The Hall–Kier alpha value is -2.70. The van der Waals surface area contributed by atoms with Gasteiger partial charge in [0.05, 0.1) is 30.3 Å². The highest BCUT2D eigenvalue weighted by Crippen LogP contribution is 2.32. The van der Waals surface area contributed by atoms with E-state index in [-0.39, 0.29) is 5.91 Å². The standard InChI is InChI=1S/C24H21BrN2O2S/c1-16-12-18(8-11-21(16)29-2)13-23(28)27(15-17-6-4-3-5-7-17)24-26-20-10-9-19(25)14-22(20)30-24/h3-12,14H,13,15H2,1-2H3. The molecule has 0 radical (unpaired) electrons. The van der Waals surface area contributed by atoms with Gasteiger partial charge in [-0.3, -0.25) is 9.69 Å². The van der Waals surface area contributed by atoms with Gasteiger partial charge in [-0.25, -0.2) is 4.98 Å². The third-order valence-corrected chi connectivity index (χ3v) is 6.40. The monoisotopic (exact) mass is 480 g/mol. The summed E-state index contributed by atoms with van der Waals surface area (Å²) < 4.78 is 7.38. The zero-order valence-electron chi connectivity index (χ0n) is 16.8. The van der Waals surface area contributed by atoms with Crippen molar-refractivity contribution in [1.29, 1.82) is 0 Å². The third kappa shape index (κ3) is 4.55. The zero-order valence-corrected chi connectivity index (χ0v) is 19.2. The number of aryl methyl sites for hydroxylation is 1. The molecule has 0 aliphatic rings. The van der Waals surface area contributed by atoms with Gasteiger partial charge in [0.15, 0.2) is 5.13 Å². The van der Waals surface area contributed by atoms with Crippen molar-refractivity contribution in [2.45, 2.75) is 19.9 Å². The Balaban J connectivity index is 1.66. The van der Waals surface area contributed by atoms with Gasteiger partial charge < -0.3 is 4.74 Å². The summed E-state index contributed by atoms with van der Waals surface area (Å²) in [4.78, 5) is 19.9. The molecule has 3 aromatic carbocycles. The first-order valence-corrected chi connectivity index (χ1v) is 11.2. The third-order valence-electron chi connectivity index (χ3n) is 4.87. The normalized spacial score (nSPS) is 10.9. The number of thiazole rings is 1. The van der Waals surface area contributed by atoms with Crippen LogP contribution in [0.5, 0.6) is 5.75 Å². The number of fused-ring (bicyclic) bond motifs is 1. The molecular weight excluding hydrogens is 460 g/mol. The molecule has 0 aliphatic heterocycles. The molecule has 0 saturated heterocycles. The molecule has 1 aromatic heterocycles. The minimum absolute atomic E-state index is 0.0153. The van der Waals surface area contributed by atoms with Crippen LogP contribution in [0, 0.1) is 6.92 Å². The Kier molecular flexibility index (Phi) is 6.16. The lowest BCUT2D eigenvalue weighted by atomic mass is 10.1. The van der Waals surface area contributed by atoms with E-state index in [0.29, 0.717) is 18.1 Å². The number of nitrogens with zero attached hydrogens (tertiary/aromatic N) is 2. The molecule has 6 heteroatoms. The predicted octanol–water partition coefficient (Wildman–Crippen LogP) is 6.15. The van der Waals surface area contributed by atoms with E-state index >= 15 is 0 Å². The fourth-order valence-electron chi connectivity index (χ4n) is 3.35.